The van der Waals surface area contributed by atoms with Gasteiger partial charge in [-0.2, -0.15) is 18.3 Å². The molecule has 11 nitrogen and oxygen atoms in total. The first kappa shape index (κ1) is 23.6. The van der Waals surface area contributed by atoms with E-state index < -0.39 is 11.7 Å². The van der Waals surface area contributed by atoms with Gasteiger partial charge in [-0.3, -0.25) is 9.59 Å². The number of nitrogens with one attached hydrogen (secondary N) is 1. The van der Waals surface area contributed by atoms with Gasteiger partial charge in [-0.05, 0) is 6.92 Å². The number of amides is 1. The summed E-state index contributed by atoms with van der Waals surface area (Å²) in [6.07, 6.45) is -1.20. The molecule has 0 aromatic carbocycles. The van der Waals surface area contributed by atoms with Crippen molar-refractivity contribution in [3.05, 3.63) is 40.3 Å². The summed E-state index contributed by atoms with van der Waals surface area (Å²) >= 11 is 0. The third-order valence-electron chi connectivity index (χ3n) is 5.57. The third kappa shape index (κ3) is 5.16. The first-order valence-corrected chi connectivity index (χ1v) is 10.6. The molecule has 4 heterocycles. The highest BCUT2D eigenvalue weighted by Crippen LogP contribution is 2.28. The summed E-state index contributed by atoms with van der Waals surface area (Å²) in [6.45, 7) is 4.54. The van der Waals surface area contributed by atoms with Gasteiger partial charge < -0.3 is 19.1 Å². The Balaban J connectivity index is 1.19. The minimum atomic E-state index is -4.48. The van der Waals surface area contributed by atoms with E-state index in [4.69, 9.17) is 4.74 Å². The van der Waals surface area contributed by atoms with Crippen LogP contribution in [0, 0.1) is 6.92 Å². The lowest BCUT2D eigenvalue weighted by Crippen LogP contribution is -2.49. The van der Waals surface area contributed by atoms with Crippen molar-refractivity contribution >= 4 is 22.9 Å². The molecular formula is C20H23F3N8O3. The normalized spacial score (nSPS) is 14.7. The van der Waals surface area contributed by atoms with E-state index in [1.807, 2.05) is 4.57 Å². The van der Waals surface area contributed by atoms with Gasteiger partial charge in [0.05, 0.1) is 36.9 Å². The van der Waals surface area contributed by atoms with Gasteiger partial charge in [0.15, 0.2) is 5.52 Å². The van der Waals surface area contributed by atoms with Crippen molar-refractivity contribution in [1.29, 1.82) is 0 Å². The molecule has 1 aliphatic rings. The Hall–Kier alpha value is -3.55. The van der Waals surface area contributed by atoms with Crippen LogP contribution in [-0.2, 0) is 22.3 Å². The number of aryl methyl sites for hydroxylation is 1. The van der Waals surface area contributed by atoms with Crippen molar-refractivity contribution in [3.8, 4) is 0 Å². The van der Waals surface area contributed by atoms with Crippen LogP contribution in [0.5, 0.6) is 0 Å². The minimum absolute atomic E-state index is 0.0621. The molecule has 1 N–H and O–H groups in total. The van der Waals surface area contributed by atoms with Crippen molar-refractivity contribution in [3.63, 3.8) is 0 Å². The lowest BCUT2D eigenvalue weighted by Gasteiger charge is -2.34. The van der Waals surface area contributed by atoms with Crippen LogP contribution in [-0.4, -0.2) is 79.9 Å². The molecular weight excluding hydrogens is 457 g/mol. The van der Waals surface area contributed by atoms with Crippen LogP contribution in [0.2, 0.25) is 0 Å². The monoisotopic (exact) mass is 480 g/mol. The number of H-pyrrole nitrogens is 1. The second-order valence-corrected chi connectivity index (χ2v) is 7.74. The fraction of sp³-hybridized carbons (Fsp3) is 0.500. The number of rotatable bonds is 7. The van der Waals surface area contributed by atoms with Gasteiger partial charge >= 0.3 is 6.18 Å². The lowest BCUT2D eigenvalue weighted by molar-refractivity contribution is -0.138. The number of anilines is 1. The Morgan fingerprint density at radius 3 is 2.50 bits per heavy atom. The highest BCUT2D eigenvalue weighted by atomic mass is 19.4. The molecule has 1 aliphatic heterocycles. The number of aromatic nitrogens is 6. The number of carbonyl (C=O) groups is 1. The second kappa shape index (κ2) is 9.75. The fourth-order valence-corrected chi connectivity index (χ4v) is 3.73. The van der Waals surface area contributed by atoms with Gasteiger partial charge in [0, 0.05) is 45.1 Å². The van der Waals surface area contributed by atoms with E-state index >= 15 is 0 Å². The summed E-state index contributed by atoms with van der Waals surface area (Å²) in [4.78, 5) is 39.5. The average molecular weight is 480 g/mol. The maximum Gasteiger partial charge on any atom is 0.419 e. The Kier molecular flexibility index (Phi) is 6.77. The van der Waals surface area contributed by atoms with Crippen LogP contribution >= 0.6 is 0 Å². The smallest absolute Gasteiger partial charge is 0.379 e. The number of aromatic amines is 1. The highest BCUT2D eigenvalue weighted by Gasteiger charge is 2.32. The minimum Gasteiger partial charge on any atom is -0.379 e. The Morgan fingerprint density at radius 1 is 1.12 bits per heavy atom. The van der Waals surface area contributed by atoms with E-state index in [-0.39, 0.29) is 30.4 Å². The molecule has 0 aliphatic carbocycles. The molecule has 34 heavy (non-hydrogen) atoms. The van der Waals surface area contributed by atoms with Gasteiger partial charge in [0.1, 0.15) is 5.82 Å². The van der Waals surface area contributed by atoms with Crippen molar-refractivity contribution in [1.82, 2.24) is 34.6 Å². The molecule has 0 radical (unpaired) electrons. The number of hydrogen-bond donors (Lipinski definition) is 1. The Morgan fingerprint density at radius 2 is 1.82 bits per heavy atom. The van der Waals surface area contributed by atoms with Crippen LogP contribution in [0.15, 0.2) is 23.4 Å². The van der Waals surface area contributed by atoms with Crippen molar-refractivity contribution in [2.24, 2.45) is 0 Å². The van der Waals surface area contributed by atoms with Gasteiger partial charge in [0.2, 0.25) is 11.9 Å². The van der Waals surface area contributed by atoms with E-state index in [1.165, 1.54) is 6.20 Å². The molecule has 0 unspecified atom stereocenters. The molecule has 14 heteroatoms. The van der Waals surface area contributed by atoms with Crippen LogP contribution in [0.25, 0.3) is 11.0 Å². The van der Waals surface area contributed by atoms with E-state index in [0.717, 1.165) is 12.4 Å². The average Bonchev–Trinajstić information content (AvgIpc) is 3.15. The van der Waals surface area contributed by atoms with Crippen LogP contribution in [0.1, 0.15) is 17.8 Å². The van der Waals surface area contributed by atoms with Crippen molar-refractivity contribution < 1.29 is 22.7 Å². The molecule has 1 amide bonds. The van der Waals surface area contributed by atoms with Crippen LogP contribution in [0.3, 0.4) is 0 Å². The topological polar surface area (TPSA) is 122 Å². The summed E-state index contributed by atoms with van der Waals surface area (Å²) in [5.74, 6) is 0.819. The summed E-state index contributed by atoms with van der Waals surface area (Å²) in [5.41, 5.74) is -0.304. The van der Waals surface area contributed by atoms with Gasteiger partial charge in [0.25, 0.3) is 5.56 Å². The summed E-state index contributed by atoms with van der Waals surface area (Å²) in [6, 6.07) is 0. The SMILES string of the molecule is Cc1nc2c(=O)[nH]ncc2n1CCOCCC(=O)N1CCN(c2ncc(C(F)(F)F)cn2)CC1. The van der Waals surface area contributed by atoms with Gasteiger partial charge in [-0.25, -0.2) is 20.1 Å². The number of fused-ring (bicyclic) bond motifs is 1. The number of carbonyl (C=O) groups excluding carboxylic acids is 1. The number of ether oxygens (including phenoxy) is 1. The number of halogens is 3. The Bertz CT molecular complexity index is 1200. The lowest BCUT2D eigenvalue weighted by atomic mass is 10.3. The predicted octanol–water partition coefficient (Wildman–Crippen LogP) is 0.992. The quantitative estimate of drug-likeness (QED) is 0.497. The number of imidazole rings is 1. The largest absolute Gasteiger partial charge is 0.419 e. The number of alkyl halides is 3. The molecule has 4 rings (SSSR count). The fourth-order valence-electron chi connectivity index (χ4n) is 3.73. The number of piperazine rings is 1. The van der Waals surface area contributed by atoms with E-state index in [1.54, 1.807) is 16.7 Å². The maximum atomic E-state index is 12.7. The first-order valence-electron chi connectivity index (χ1n) is 10.6. The zero-order valence-corrected chi connectivity index (χ0v) is 18.4. The zero-order valence-electron chi connectivity index (χ0n) is 18.4. The molecule has 182 valence electrons. The van der Waals surface area contributed by atoms with Gasteiger partial charge in [-0.1, -0.05) is 0 Å². The van der Waals surface area contributed by atoms with Crippen molar-refractivity contribution in [2.75, 3.05) is 44.3 Å². The second-order valence-electron chi connectivity index (χ2n) is 7.74. The molecule has 0 bridgehead atoms. The van der Waals surface area contributed by atoms with E-state index in [0.29, 0.717) is 56.2 Å². The van der Waals surface area contributed by atoms with E-state index in [9.17, 15) is 22.8 Å². The molecule has 3 aromatic heterocycles. The van der Waals surface area contributed by atoms with Crippen LogP contribution < -0.4 is 10.5 Å². The summed E-state index contributed by atoms with van der Waals surface area (Å²) in [7, 11) is 0. The molecule has 0 atom stereocenters. The standard InChI is InChI=1S/C20H23F3N8O3/c1-13-27-17-15(12-26-28-18(17)33)31(13)7-9-34-8-2-16(32)29-3-5-30(6-4-29)19-24-10-14(11-25-19)20(21,22)23/h10-12H,2-9H2,1H3,(H,28,33). The van der Waals surface area contributed by atoms with Crippen LogP contribution in [0.4, 0.5) is 19.1 Å². The molecule has 1 fully saturated rings. The summed E-state index contributed by atoms with van der Waals surface area (Å²) < 4.78 is 45.4. The Labute approximate surface area is 191 Å². The number of hydrogen-bond acceptors (Lipinski definition) is 8. The molecule has 0 spiro atoms. The zero-order chi connectivity index (χ0) is 24.3. The summed E-state index contributed by atoms with van der Waals surface area (Å²) in [5, 5.41) is 6.15. The maximum absolute atomic E-state index is 12.7. The van der Waals surface area contributed by atoms with E-state index in [2.05, 4.69) is 25.1 Å². The molecule has 0 saturated carbocycles. The molecule has 1 saturated heterocycles. The highest BCUT2D eigenvalue weighted by molar-refractivity contribution is 5.76. The van der Waals surface area contributed by atoms with Crippen molar-refractivity contribution in [2.45, 2.75) is 26.1 Å². The first-order chi connectivity index (χ1) is 16.2. The number of nitrogens with zero attached hydrogens (tertiary/aromatic N) is 7. The third-order valence-corrected chi connectivity index (χ3v) is 5.57. The predicted molar refractivity (Wildman–Crippen MR) is 114 cm³/mol. The van der Waals surface area contributed by atoms with Gasteiger partial charge in [-0.15, -0.1) is 0 Å². The molecule has 3 aromatic rings.